The first kappa shape index (κ1) is 16.5. The van der Waals surface area contributed by atoms with Crippen LogP contribution in [0.25, 0.3) is 0 Å². The van der Waals surface area contributed by atoms with Crippen molar-refractivity contribution in [2.45, 2.75) is 33.4 Å². The van der Waals surface area contributed by atoms with E-state index in [1.54, 1.807) is 6.20 Å². The molecule has 1 aliphatic heterocycles. The first-order chi connectivity index (χ1) is 10.6. The van der Waals surface area contributed by atoms with Gasteiger partial charge >= 0.3 is 6.03 Å². The summed E-state index contributed by atoms with van der Waals surface area (Å²) in [5.41, 5.74) is 0.969. The first-order valence-corrected chi connectivity index (χ1v) is 7.95. The number of hydrogen-bond acceptors (Lipinski definition) is 4. The molecule has 0 radical (unpaired) electrons. The normalized spacial score (nSPS) is 15.9. The van der Waals surface area contributed by atoms with Gasteiger partial charge in [-0.1, -0.05) is 13.0 Å². The minimum Gasteiger partial charge on any atom is -0.475 e. The standard InChI is InChI=1S/C16H26N4O2/c1-4-19-7-9-20(10-8-19)16(21)18-12-14-5-6-15(17-11-14)22-13(2)3/h5-6,11,13H,4,7-10,12H2,1-3H3,(H,18,21). The van der Waals surface area contributed by atoms with Gasteiger partial charge in [0.1, 0.15) is 0 Å². The lowest BCUT2D eigenvalue weighted by Gasteiger charge is -2.34. The molecule has 1 N–H and O–H groups in total. The van der Waals surface area contributed by atoms with Crippen LogP contribution in [0.3, 0.4) is 0 Å². The van der Waals surface area contributed by atoms with Gasteiger partial charge in [-0.2, -0.15) is 0 Å². The summed E-state index contributed by atoms with van der Waals surface area (Å²) < 4.78 is 5.50. The molecule has 0 atom stereocenters. The second-order valence-electron chi connectivity index (χ2n) is 5.75. The molecule has 0 spiro atoms. The Labute approximate surface area is 132 Å². The summed E-state index contributed by atoms with van der Waals surface area (Å²) in [6, 6.07) is 3.76. The maximum atomic E-state index is 12.1. The molecule has 0 bridgehead atoms. The van der Waals surface area contributed by atoms with Gasteiger partial charge in [-0.25, -0.2) is 9.78 Å². The summed E-state index contributed by atoms with van der Waals surface area (Å²) in [5.74, 6) is 0.612. The fourth-order valence-electron chi connectivity index (χ4n) is 2.38. The van der Waals surface area contributed by atoms with E-state index in [1.807, 2.05) is 30.9 Å². The predicted molar refractivity (Wildman–Crippen MR) is 85.9 cm³/mol. The van der Waals surface area contributed by atoms with Gasteiger partial charge in [-0.3, -0.25) is 0 Å². The monoisotopic (exact) mass is 306 g/mol. The Morgan fingerprint density at radius 2 is 2.05 bits per heavy atom. The van der Waals surface area contributed by atoms with Crippen molar-refractivity contribution >= 4 is 6.03 Å². The smallest absolute Gasteiger partial charge is 0.317 e. The van der Waals surface area contributed by atoms with Gasteiger partial charge in [-0.05, 0) is 26.0 Å². The highest BCUT2D eigenvalue weighted by Crippen LogP contribution is 2.09. The molecule has 1 aliphatic rings. The molecule has 122 valence electrons. The van der Waals surface area contributed by atoms with Crippen LogP contribution in [0.2, 0.25) is 0 Å². The minimum atomic E-state index is -0.00161. The van der Waals surface area contributed by atoms with Crippen LogP contribution in [0.15, 0.2) is 18.3 Å². The third kappa shape index (κ3) is 4.87. The lowest BCUT2D eigenvalue weighted by atomic mass is 10.3. The number of piperazine rings is 1. The fourth-order valence-corrected chi connectivity index (χ4v) is 2.38. The second kappa shape index (κ2) is 7.98. The summed E-state index contributed by atoms with van der Waals surface area (Å²) in [6.07, 6.45) is 1.85. The third-order valence-electron chi connectivity index (χ3n) is 3.70. The van der Waals surface area contributed by atoms with Crippen LogP contribution < -0.4 is 10.1 Å². The van der Waals surface area contributed by atoms with Crippen LogP contribution in [-0.2, 0) is 6.54 Å². The van der Waals surface area contributed by atoms with Crippen LogP contribution in [0.4, 0.5) is 4.79 Å². The van der Waals surface area contributed by atoms with Gasteiger partial charge in [0.2, 0.25) is 5.88 Å². The number of ether oxygens (including phenoxy) is 1. The van der Waals surface area contributed by atoms with E-state index in [2.05, 4.69) is 22.1 Å². The van der Waals surface area contributed by atoms with Gasteiger partial charge in [-0.15, -0.1) is 0 Å². The molecule has 0 aromatic carbocycles. The lowest BCUT2D eigenvalue weighted by molar-refractivity contribution is 0.142. The molecule has 0 aliphatic carbocycles. The number of aromatic nitrogens is 1. The van der Waals surface area contributed by atoms with Gasteiger partial charge in [0.25, 0.3) is 0 Å². The molecular weight excluding hydrogens is 280 g/mol. The molecular formula is C16H26N4O2. The van der Waals surface area contributed by atoms with E-state index in [4.69, 9.17) is 4.74 Å². The molecule has 1 aromatic heterocycles. The maximum absolute atomic E-state index is 12.1. The number of amides is 2. The van der Waals surface area contributed by atoms with Crippen LogP contribution in [0.5, 0.6) is 5.88 Å². The molecule has 2 heterocycles. The number of likely N-dealkylation sites (N-methyl/N-ethyl adjacent to an activating group) is 1. The molecule has 2 rings (SSSR count). The number of carbonyl (C=O) groups is 1. The third-order valence-corrected chi connectivity index (χ3v) is 3.70. The van der Waals surface area contributed by atoms with Gasteiger partial charge in [0.15, 0.2) is 0 Å². The second-order valence-corrected chi connectivity index (χ2v) is 5.75. The number of pyridine rings is 1. The highest BCUT2D eigenvalue weighted by atomic mass is 16.5. The molecule has 1 saturated heterocycles. The van der Waals surface area contributed by atoms with Crippen molar-refractivity contribution in [1.29, 1.82) is 0 Å². The van der Waals surface area contributed by atoms with E-state index in [0.717, 1.165) is 38.3 Å². The molecule has 0 saturated carbocycles. The highest BCUT2D eigenvalue weighted by molar-refractivity contribution is 5.74. The molecule has 22 heavy (non-hydrogen) atoms. The molecule has 2 amide bonds. The van der Waals surface area contributed by atoms with E-state index in [-0.39, 0.29) is 12.1 Å². The van der Waals surface area contributed by atoms with Crippen LogP contribution in [0, 0.1) is 0 Å². The summed E-state index contributed by atoms with van der Waals surface area (Å²) >= 11 is 0. The Morgan fingerprint density at radius 3 is 2.59 bits per heavy atom. The quantitative estimate of drug-likeness (QED) is 0.900. The average molecular weight is 306 g/mol. The molecule has 1 aromatic rings. The van der Waals surface area contributed by atoms with Crippen LogP contribution >= 0.6 is 0 Å². The Kier molecular flexibility index (Phi) is 6.00. The Morgan fingerprint density at radius 1 is 1.32 bits per heavy atom. The van der Waals surface area contributed by atoms with E-state index >= 15 is 0 Å². The van der Waals surface area contributed by atoms with Crippen molar-refractivity contribution in [3.05, 3.63) is 23.9 Å². The van der Waals surface area contributed by atoms with Crippen molar-refractivity contribution in [3.8, 4) is 5.88 Å². The highest BCUT2D eigenvalue weighted by Gasteiger charge is 2.19. The van der Waals surface area contributed by atoms with Crippen molar-refractivity contribution < 1.29 is 9.53 Å². The van der Waals surface area contributed by atoms with E-state index < -0.39 is 0 Å². The zero-order valence-corrected chi connectivity index (χ0v) is 13.7. The molecule has 6 heteroatoms. The predicted octanol–water partition coefficient (Wildman–Crippen LogP) is 1.72. The number of nitrogens with one attached hydrogen (secondary N) is 1. The topological polar surface area (TPSA) is 57.7 Å². The number of carbonyl (C=O) groups excluding carboxylic acids is 1. The van der Waals surface area contributed by atoms with E-state index in [0.29, 0.717) is 12.4 Å². The average Bonchev–Trinajstić information content (AvgIpc) is 2.53. The summed E-state index contributed by atoms with van der Waals surface area (Å²) in [5, 5.41) is 2.95. The largest absolute Gasteiger partial charge is 0.475 e. The Bertz CT molecular complexity index is 468. The van der Waals surface area contributed by atoms with Gasteiger partial charge in [0, 0.05) is 45.0 Å². The van der Waals surface area contributed by atoms with E-state index in [1.165, 1.54) is 0 Å². The number of rotatable bonds is 5. The molecule has 6 nitrogen and oxygen atoms in total. The molecule has 0 unspecified atom stereocenters. The maximum Gasteiger partial charge on any atom is 0.317 e. The van der Waals surface area contributed by atoms with Gasteiger partial charge < -0.3 is 19.9 Å². The number of hydrogen-bond donors (Lipinski definition) is 1. The lowest BCUT2D eigenvalue weighted by Crippen LogP contribution is -2.51. The summed E-state index contributed by atoms with van der Waals surface area (Å²) in [6.45, 7) is 11.1. The fraction of sp³-hybridized carbons (Fsp3) is 0.625. The minimum absolute atomic E-state index is 0.00161. The number of urea groups is 1. The zero-order chi connectivity index (χ0) is 15.9. The zero-order valence-electron chi connectivity index (χ0n) is 13.7. The Balaban J connectivity index is 1.76. The Hall–Kier alpha value is -1.82. The summed E-state index contributed by atoms with van der Waals surface area (Å²) in [7, 11) is 0. The van der Waals surface area contributed by atoms with E-state index in [9.17, 15) is 4.79 Å². The van der Waals surface area contributed by atoms with Crippen LogP contribution in [-0.4, -0.2) is 59.6 Å². The number of nitrogens with zero attached hydrogens (tertiary/aromatic N) is 3. The van der Waals surface area contributed by atoms with Crippen molar-refractivity contribution in [3.63, 3.8) is 0 Å². The first-order valence-electron chi connectivity index (χ1n) is 7.95. The van der Waals surface area contributed by atoms with Crippen LogP contribution in [0.1, 0.15) is 26.3 Å². The SMILES string of the molecule is CCN1CCN(C(=O)NCc2ccc(OC(C)C)nc2)CC1. The van der Waals surface area contributed by atoms with Crippen molar-refractivity contribution in [2.75, 3.05) is 32.7 Å². The van der Waals surface area contributed by atoms with Crippen molar-refractivity contribution in [2.24, 2.45) is 0 Å². The summed E-state index contributed by atoms with van der Waals surface area (Å²) in [4.78, 5) is 20.6. The van der Waals surface area contributed by atoms with Gasteiger partial charge in [0.05, 0.1) is 6.10 Å². The van der Waals surface area contributed by atoms with Crippen molar-refractivity contribution in [1.82, 2.24) is 20.1 Å². The molecule has 1 fully saturated rings.